The maximum Gasteiger partial charge on any atom is 0.481 e. The fourth-order valence-corrected chi connectivity index (χ4v) is 9.60. The van der Waals surface area contributed by atoms with Crippen LogP contribution >= 0.6 is 15.6 Å². The molecular formula is C50H85N3O16P2. The molecule has 1 aliphatic rings. The van der Waals surface area contributed by atoms with Gasteiger partial charge in [0.1, 0.15) is 30.7 Å². The van der Waals surface area contributed by atoms with Crippen LogP contribution in [0.4, 0.5) is 5.82 Å². The van der Waals surface area contributed by atoms with Gasteiger partial charge in [-0.3, -0.25) is 23.2 Å². The van der Waals surface area contributed by atoms with Crippen molar-refractivity contribution in [2.24, 2.45) is 0 Å². The van der Waals surface area contributed by atoms with Crippen LogP contribution in [0.1, 0.15) is 181 Å². The third-order valence-corrected chi connectivity index (χ3v) is 14.1. The Labute approximate surface area is 421 Å². The number of nitrogens with two attached hydrogens (primary N) is 1. The van der Waals surface area contributed by atoms with Gasteiger partial charge in [0.2, 0.25) is 0 Å². The molecule has 8 atom stereocenters. The van der Waals surface area contributed by atoms with Crippen LogP contribution in [0.25, 0.3) is 0 Å². The number of unbranched alkanes of at least 4 members (excludes halogenated alkanes) is 17. The van der Waals surface area contributed by atoms with Crippen LogP contribution < -0.4 is 11.4 Å². The molecule has 0 amide bonds. The number of hydrogen-bond acceptors (Lipinski definition) is 16. The molecule has 2 rings (SSSR count). The zero-order valence-electron chi connectivity index (χ0n) is 42.1. The van der Waals surface area contributed by atoms with Crippen molar-refractivity contribution in [3.8, 4) is 0 Å². The van der Waals surface area contributed by atoms with Crippen LogP contribution in [0.5, 0.6) is 0 Å². The highest BCUT2D eigenvalue weighted by Crippen LogP contribution is 2.60. The van der Waals surface area contributed by atoms with E-state index in [0.717, 1.165) is 94.2 Å². The summed E-state index contributed by atoms with van der Waals surface area (Å²) in [7, 11) is -10.9. The Hall–Kier alpha value is -3.32. The zero-order valence-corrected chi connectivity index (χ0v) is 43.9. The second kappa shape index (κ2) is 38.3. The predicted octanol–water partition coefficient (Wildman–Crippen LogP) is 9.53. The van der Waals surface area contributed by atoms with Gasteiger partial charge in [-0.1, -0.05) is 152 Å². The van der Waals surface area contributed by atoms with Crippen LogP contribution in [-0.2, 0) is 46.3 Å². The van der Waals surface area contributed by atoms with E-state index in [1.165, 1.54) is 44.6 Å². The lowest BCUT2D eigenvalue weighted by molar-refractivity contribution is -0.161. The highest BCUT2D eigenvalue weighted by Gasteiger charge is 2.46. The Kier molecular flexibility index (Phi) is 34.4. The molecular weight excluding hydrogens is 961 g/mol. The lowest BCUT2D eigenvalue weighted by Crippen LogP contribution is -2.36. The van der Waals surface area contributed by atoms with Gasteiger partial charge < -0.3 is 45.1 Å². The van der Waals surface area contributed by atoms with E-state index in [4.69, 9.17) is 29.0 Å². The number of allylic oxidation sites excluding steroid dienone is 7. The van der Waals surface area contributed by atoms with Gasteiger partial charge >= 0.3 is 33.3 Å². The molecule has 0 radical (unpaired) electrons. The number of esters is 2. The number of aromatic nitrogens is 2. The fourth-order valence-electron chi connectivity index (χ4n) is 7.49. The van der Waals surface area contributed by atoms with Crippen molar-refractivity contribution in [1.82, 2.24) is 9.55 Å². The second-order valence-corrected chi connectivity index (χ2v) is 20.9. The fraction of sp³-hybridized carbons (Fsp3) is 0.720. The molecule has 1 aliphatic heterocycles. The van der Waals surface area contributed by atoms with Gasteiger partial charge in [0.05, 0.1) is 19.3 Å². The quantitative estimate of drug-likeness (QED) is 0.0117. The van der Waals surface area contributed by atoms with E-state index >= 15 is 0 Å². The van der Waals surface area contributed by atoms with Crippen LogP contribution in [0.2, 0.25) is 0 Å². The summed E-state index contributed by atoms with van der Waals surface area (Å²) in [6, 6.07) is 1.24. The molecule has 406 valence electrons. The predicted molar refractivity (Wildman–Crippen MR) is 272 cm³/mol. The van der Waals surface area contributed by atoms with Crippen molar-refractivity contribution in [2.45, 2.75) is 211 Å². The molecule has 7 N–H and O–H groups in total. The molecule has 19 nitrogen and oxygen atoms in total. The Bertz CT molecular complexity index is 1890. The van der Waals surface area contributed by atoms with Crippen LogP contribution in [0.3, 0.4) is 0 Å². The SMILES string of the molecule is CC/C=C/C/C=C/C=C/C(O)CCCCCCCC(=O)O[C@H](COC(=O)CCCCCCCCC/C=C\CCCCCCCC)COP(=O)(O)OP(=O)(O)OC[C@H]1O[C@@H](n2ccc(N)nc2=O)[C@H](O)[C@@H]1O. The van der Waals surface area contributed by atoms with E-state index in [9.17, 15) is 48.6 Å². The van der Waals surface area contributed by atoms with E-state index in [-0.39, 0.29) is 18.7 Å². The number of aliphatic hydroxyl groups is 3. The Morgan fingerprint density at radius 1 is 0.761 bits per heavy atom. The number of nitrogen functional groups attached to an aromatic ring is 1. The minimum absolute atomic E-state index is 0.0212. The Morgan fingerprint density at radius 2 is 1.35 bits per heavy atom. The lowest BCUT2D eigenvalue weighted by atomic mass is 10.1. The van der Waals surface area contributed by atoms with Crippen molar-refractivity contribution in [1.29, 1.82) is 0 Å². The van der Waals surface area contributed by atoms with Gasteiger partial charge in [0, 0.05) is 19.0 Å². The summed E-state index contributed by atoms with van der Waals surface area (Å²) >= 11 is 0. The lowest BCUT2D eigenvalue weighted by Gasteiger charge is -2.21. The van der Waals surface area contributed by atoms with E-state index in [2.05, 4.69) is 47.4 Å². The third-order valence-electron chi connectivity index (χ3n) is 11.5. The molecule has 0 spiro atoms. The van der Waals surface area contributed by atoms with Gasteiger partial charge in [-0.15, -0.1) is 0 Å². The minimum atomic E-state index is -5.45. The first kappa shape index (κ1) is 63.8. The van der Waals surface area contributed by atoms with E-state index in [1.807, 2.05) is 18.2 Å². The number of rotatable bonds is 42. The molecule has 0 aromatic carbocycles. The largest absolute Gasteiger partial charge is 0.481 e. The number of anilines is 1. The summed E-state index contributed by atoms with van der Waals surface area (Å²) in [5.41, 5.74) is 4.58. The normalized spacial score (nSPS) is 20.0. The van der Waals surface area contributed by atoms with Crippen LogP contribution in [-0.4, -0.2) is 96.9 Å². The maximum absolute atomic E-state index is 12.9. The summed E-state index contributed by atoms with van der Waals surface area (Å²) in [5, 5.41) is 31.1. The second-order valence-electron chi connectivity index (χ2n) is 17.8. The standard InChI is InChI=1S/C50H85N3O16P2/c1-3-5-7-9-11-12-13-14-15-16-17-18-19-20-22-26-30-34-45(55)64-38-42(67-46(56)35-31-27-23-25-29-33-41(54)32-28-24-21-10-8-6-4-2)39-65-70(60,61)69-71(62,63)66-40-43-47(57)48(58)49(68-43)53-37-36-44(51)52-50(53)59/h6,8,14-15,21,24,28,32,36-37,41-43,47-49,54,57-58H,3-5,7,9-13,16-20,22-23,25-27,29-31,33-35,38-40H2,1-2H3,(H,60,61)(H,62,63)(H2,51,52,59)/b8-6+,15-14-,24-21+,32-28+/t41?,42-,43-,47-,48-,49-/m1/s1. The molecule has 0 saturated carbocycles. The average molecular weight is 1050 g/mol. The number of phosphoric acid groups is 2. The summed E-state index contributed by atoms with van der Waals surface area (Å²) in [5.74, 6) is -1.38. The number of nitrogens with zero attached hydrogens (tertiary/aromatic N) is 2. The number of aliphatic hydroxyl groups excluding tert-OH is 3. The molecule has 0 aliphatic carbocycles. The Balaban J connectivity index is 1.82. The number of hydrogen-bond donors (Lipinski definition) is 6. The van der Waals surface area contributed by atoms with Gasteiger partial charge in [-0.2, -0.15) is 9.29 Å². The molecule has 0 bridgehead atoms. The van der Waals surface area contributed by atoms with Gasteiger partial charge in [0.25, 0.3) is 0 Å². The van der Waals surface area contributed by atoms with E-state index in [1.54, 1.807) is 6.08 Å². The van der Waals surface area contributed by atoms with Crippen molar-refractivity contribution in [3.05, 3.63) is 71.4 Å². The third kappa shape index (κ3) is 31.1. The molecule has 71 heavy (non-hydrogen) atoms. The van der Waals surface area contributed by atoms with Crippen LogP contribution in [0.15, 0.2) is 65.7 Å². The van der Waals surface area contributed by atoms with Crippen LogP contribution in [0, 0.1) is 0 Å². The molecule has 1 saturated heterocycles. The van der Waals surface area contributed by atoms with Gasteiger partial charge in [0.15, 0.2) is 12.3 Å². The van der Waals surface area contributed by atoms with Crippen molar-refractivity contribution in [2.75, 3.05) is 25.6 Å². The summed E-state index contributed by atoms with van der Waals surface area (Å²) in [6.45, 7) is 1.93. The first-order valence-corrected chi connectivity index (χ1v) is 28.7. The highest BCUT2D eigenvalue weighted by molar-refractivity contribution is 7.61. The molecule has 1 aromatic rings. The van der Waals surface area contributed by atoms with Crippen molar-refractivity contribution in [3.63, 3.8) is 0 Å². The first-order chi connectivity index (χ1) is 34.1. The summed E-state index contributed by atoms with van der Waals surface area (Å²) in [4.78, 5) is 61.9. The van der Waals surface area contributed by atoms with Gasteiger partial charge in [-0.05, 0) is 63.9 Å². The first-order valence-electron chi connectivity index (χ1n) is 25.8. The molecule has 3 unspecified atom stereocenters. The van der Waals surface area contributed by atoms with Crippen molar-refractivity contribution < 1.29 is 71.4 Å². The highest BCUT2D eigenvalue weighted by atomic mass is 31.3. The maximum atomic E-state index is 12.9. The van der Waals surface area contributed by atoms with E-state index < -0.39 is 89.8 Å². The summed E-state index contributed by atoms with van der Waals surface area (Å²) < 4.78 is 56.7. The zero-order chi connectivity index (χ0) is 52.2. The Morgan fingerprint density at radius 3 is 1.99 bits per heavy atom. The topological polar surface area (TPSA) is 286 Å². The smallest absolute Gasteiger partial charge is 0.462 e. The number of carbonyl (C=O) groups excluding carboxylic acids is 2. The average Bonchev–Trinajstić information content (AvgIpc) is 3.60. The molecule has 1 aromatic heterocycles. The van der Waals surface area contributed by atoms with Gasteiger partial charge in [-0.25, -0.2) is 13.9 Å². The monoisotopic (exact) mass is 1050 g/mol. The number of carbonyl (C=O) groups is 2. The molecule has 21 heteroatoms. The van der Waals surface area contributed by atoms with E-state index in [0.29, 0.717) is 25.7 Å². The molecule has 2 heterocycles. The minimum Gasteiger partial charge on any atom is -0.462 e. The van der Waals surface area contributed by atoms with Crippen molar-refractivity contribution >= 4 is 33.4 Å². The number of phosphoric ester groups is 2. The number of ether oxygens (including phenoxy) is 3. The molecule has 1 fully saturated rings. The summed E-state index contributed by atoms with van der Waals surface area (Å²) in [6.07, 6.45) is 32.0.